The first kappa shape index (κ1) is 24.9. The van der Waals surface area contributed by atoms with Gasteiger partial charge in [0, 0.05) is 6.08 Å². The Morgan fingerprint density at radius 3 is 2.53 bits per heavy atom. The van der Waals surface area contributed by atoms with Crippen molar-refractivity contribution in [3.05, 3.63) is 58.6 Å². The van der Waals surface area contributed by atoms with Gasteiger partial charge in [-0.3, -0.25) is 20.4 Å². The van der Waals surface area contributed by atoms with E-state index in [9.17, 15) is 22.8 Å². The molecule has 172 valence electrons. The summed E-state index contributed by atoms with van der Waals surface area (Å²) in [5.74, 6) is -0.801. The number of halogens is 4. The van der Waals surface area contributed by atoms with Gasteiger partial charge in [0.1, 0.15) is 5.75 Å². The van der Waals surface area contributed by atoms with E-state index in [4.69, 9.17) is 25.8 Å². The van der Waals surface area contributed by atoms with E-state index in [0.29, 0.717) is 28.7 Å². The third-order valence-electron chi connectivity index (χ3n) is 3.82. The van der Waals surface area contributed by atoms with Crippen LogP contribution < -0.4 is 25.1 Å². The van der Waals surface area contributed by atoms with E-state index >= 15 is 0 Å². The van der Waals surface area contributed by atoms with E-state index in [1.165, 1.54) is 19.3 Å². The monoisotopic (exact) mass is 472 g/mol. The van der Waals surface area contributed by atoms with Crippen LogP contribution in [0.5, 0.6) is 17.2 Å². The van der Waals surface area contributed by atoms with Crippen molar-refractivity contribution in [3.63, 3.8) is 0 Å². The van der Waals surface area contributed by atoms with Gasteiger partial charge in [-0.1, -0.05) is 17.7 Å². The average molecular weight is 473 g/mol. The molecule has 2 N–H and O–H groups in total. The Morgan fingerprint density at radius 1 is 1.12 bits per heavy atom. The van der Waals surface area contributed by atoms with Crippen LogP contribution in [-0.4, -0.2) is 32.1 Å². The van der Waals surface area contributed by atoms with Crippen LogP contribution in [-0.2, 0) is 15.8 Å². The SMILES string of the molecule is CCOc1c(Cl)cc(/C=C/C(=O)NNC(=O)COc2cccc(C(F)(F)F)c2)cc1OC. The zero-order chi connectivity index (χ0) is 23.7. The maximum Gasteiger partial charge on any atom is 0.416 e. The standard InChI is InChI=1S/C21H20ClF3N2O5/c1-3-31-20-16(22)9-13(10-17(20)30-2)7-8-18(28)26-27-19(29)12-32-15-6-4-5-14(11-15)21(23,24)25/h4-11H,3,12H2,1-2H3,(H,26,28)(H,27,29)/b8-7+. The zero-order valence-corrected chi connectivity index (χ0v) is 17.8. The lowest BCUT2D eigenvalue weighted by molar-refractivity contribution is -0.137. The smallest absolute Gasteiger partial charge is 0.416 e. The maximum atomic E-state index is 12.7. The number of hydrogen-bond acceptors (Lipinski definition) is 5. The molecule has 0 atom stereocenters. The quantitative estimate of drug-likeness (QED) is 0.448. The topological polar surface area (TPSA) is 85.9 Å². The third kappa shape index (κ3) is 7.38. The van der Waals surface area contributed by atoms with Crippen molar-refractivity contribution >= 4 is 29.5 Å². The molecule has 0 aliphatic rings. The van der Waals surface area contributed by atoms with Crippen LogP contribution in [0.25, 0.3) is 6.08 Å². The van der Waals surface area contributed by atoms with Gasteiger partial charge in [-0.2, -0.15) is 13.2 Å². The summed E-state index contributed by atoms with van der Waals surface area (Å²) in [6.45, 7) is 1.59. The molecule has 0 aromatic heterocycles. The molecule has 7 nitrogen and oxygen atoms in total. The fourth-order valence-electron chi connectivity index (χ4n) is 2.41. The van der Waals surface area contributed by atoms with Gasteiger partial charge >= 0.3 is 6.18 Å². The molecule has 32 heavy (non-hydrogen) atoms. The normalized spacial score (nSPS) is 11.2. The van der Waals surface area contributed by atoms with Crippen molar-refractivity contribution in [1.82, 2.24) is 10.9 Å². The summed E-state index contributed by atoms with van der Waals surface area (Å²) in [5.41, 5.74) is 3.85. The largest absolute Gasteiger partial charge is 0.493 e. The number of ether oxygens (including phenoxy) is 3. The van der Waals surface area contributed by atoms with Crippen molar-refractivity contribution in [2.45, 2.75) is 13.1 Å². The highest BCUT2D eigenvalue weighted by Gasteiger charge is 2.30. The number of carbonyl (C=O) groups excluding carboxylic acids is 2. The van der Waals surface area contributed by atoms with Gasteiger partial charge in [0.05, 0.1) is 24.3 Å². The molecule has 0 saturated heterocycles. The molecule has 0 spiro atoms. The van der Waals surface area contributed by atoms with E-state index in [0.717, 1.165) is 24.3 Å². The molecular formula is C21H20ClF3N2O5. The number of alkyl halides is 3. The lowest BCUT2D eigenvalue weighted by atomic mass is 10.2. The molecule has 0 unspecified atom stereocenters. The van der Waals surface area contributed by atoms with Crippen molar-refractivity contribution in [3.8, 4) is 17.2 Å². The van der Waals surface area contributed by atoms with Gasteiger partial charge < -0.3 is 14.2 Å². The summed E-state index contributed by atoms with van der Waals surface area (Å²) in [6.07, 6.45) is -1.95. The second-order valence-electron chi connectivity index (χ2n) is 6.15. The molecule has 0 heterocycles. The van der Waals surface area contributed by atoms with Crippen LogP contribution in [0.2, 0.25) is 5.02 Å². The van der Waals surface area contributed by atoms with Gasteiger partial charge in [0.25, 0.3) is 11.8 Å². The van der Waals surface area contributed by atoms with E-state index in [-0.39, 0.29) is 5.75 Å². The summed E-state index contributed by atoms with van der Waals surface area (Å²) in [5, 5.41) is 0.298. The van der Waals surface area contributed by atoms with Crippen molar-refractivity contribution in [2.24, 2.45) is 0 Å². The summed E-state index contributed by atoms with van der Waals surface area (Å²) in [6, 6.07) is 7.27. The number of nitrogens with one attached hydrogen (secondary N) is 2. The van der Waals surface area contributed by atoms with Crippen LogP contribution in [0.4, 0.5) is 13.2 Å². The number of hydrogen-bond donors (Lipinski definition) is 2. The molecule has 0 radical (unpaired) electrons. The lowest BCUT2D eigenvalue weighted by Crippen LogP contribution is -2.43. The van der Waals surface area contributed by atoms with Crippen LogP contribution in [0.15, 0.2) is 42.5 Å². The summed E-state index contributed by atoms with van der Waals surface area (Å²) >= 11 is 6.16. The van der Waals surface area contributed by atoms with Crippen molar-refractivity contribution in [2.75, 3.05) is 20.3 Å². The Hall–Kier alpha value is -3.40. The highest BCUT2D eigenvalue weighted by molar-refractivity contribution is 6.32. The van der Waals surface area contributed by atoms with E-state index < -0.39 is 30.2 Å². The van der Waals surface area contributed by atoms with Crippen LogP contribution in [0.1, 0.15) is 18.1 Å². The Kier molecular flexibility index (Phi) is 8.77. The summed E-state index contributed by atoms with van der Waals surface area (Å²) in [7, 11) is 1.45. The minimum Gasteiger partial charge on any atom is -0.493 e. The minimum absolute atomic E-state index is 0.137. The number of methoxy groups -OCH3 is 1. The molecule has 0 saturated carbocycles. The molecule has 2 aromatic carbocycles. The average Bonchev–Trinajstić information content (AvgIpc) is 2.76. The Bertz CT molecular complexity index is 996. The summed E-state index contributed by atoms with van der Waals surface area (Å²) < 4.78 is 53.7. The van der Waals surface area contributed by atoms with Crippen LogP contribution in [0, 0.1) is 0 Å². The molecule has 2 rings (SSSR count). The van der Waals surface area contributed by atoms with Gasteiger partial charge in [-0.15, -0.1) is 0 Å². The molecular weight excluding hydrogens is 453 g/mol. The second kappa shape index (κ2) is 11.3. The molecule has 11 heteroatoms. The molecule has 2 aromatic rings. The number of carbonyl (C=O) groups is 2. The first-order valence-electron chi connectivity index (χ1n) is 9.21. The predicted octanol–water partition coefficient (Wildman–Crippen LogP) is 4.01. The van der Waals surface area contributed by atoms with E-state index in [2.05, 4.69) is 10.9 Å². The second-order valence-corrected chi connectivity index (χ2v) is 6.56. The van der Waals surface area contributed by atoms with Gasteiger partial charge in [-0.25, -0.2) is 0 Å². The molecule has 0 aliphatic carbocycles. The molecule has 0 fully saturated rings. The molecule has 2 amide bonds. The molecule has 0 aliphatic heterocycles. The predicted molar refractivity (Wildman–Crippen MR) is 111 cm³/mol. The van der Waals surface area contributed by atoms with E-state index in [1.807, 2.05) is 0 Å². The first-order valence-corrected chi connectivity index (χ1v) is 9.59. The van der Waals surface area contributed by atoms with Gasteiger partial charge in [-0.05, 0) is 48.9 Å². The van der Waals surface area contributed by atoms with Crippen LogP contribution >= 0.6 is 11.6 Å². The highest BCUT2D eigenvalue weighted by atomic mass is 35.5. The minimum atomic E-state index is -4.53. The Labute approximate surface area is 187 Å². The number of amides is 2. The third-order valence-corrected chi connectivity index (χ3v) is 4.10. The van der Waals surface area contributed by atoms with Crippen molar-refractivity contribution in [1.29, 1.82) is 0 Å². The number of hydrazine groups is 1. The van der Waals surface area contributed by atoms with Crippen LogP contribution in [0.3, 0.4) is 0 Å². The number of benzene rings is 2. The molecule has 0 bridgehead atoms. The number of rotatable bonds is 8. The Balaban J connectivity index is 1.87. The van der Waals surface area contributed by atoms with Gasteiger partial charge in [0.15, 0.2) is 18.1 Å². The van der Waals surface area contributed by atoms with E-state index in [1.54, 1.807) is 19.1 Å². The summed E-state index contributed by atoms with van der Waals surface area (Å²) in [4.78, 5) is 23.7. The highest BCUT2D eigenvalue weighted by Crippen LogP contribution is 2.36. The fourth-order valence-corrected chi connectivity index (χ4v) is 2.69. The Morgan fingerprint density at radius 2 is 1.88 bits per heavy atom. The first-order chi connectivity index (χ1) is 15.1. The maximum absolute atomic E-state index is 12.7. The zero-order valence-electron chi connectivity index (χ0n) is 17.1. The van der Waals surface area contributed by atoms with Gasteiger partial charge in [0.2, 0.25) is 0 Å². The fraction of sp³-hybridized carbons (Fsp3) is 0.238. The van der Waals surface area contributed by atoms with Crippen molar-refractivity contribution < 1.29 is 37.0 Å². The lowest BCUT2D eigenvalue weighted by Gasteiger charge is -2.12.